The summed E-state index contributed by atoms with van der Waals surface area (Å²) in [5.74, 6) is 0.381. The van der Waals surface area contributed by atoms with Crippen LogP contribution in [0.25, 0.3) is 11.0 Å². The molecule has 2 aromatic rings. The van der Waals surface area contributed by atoms with Crippen molar-refractivity contribution in [1.29, 1.82) is 0 Å². The fraction of sp³-hybridized carbons (Fsp3) is 0.400. The van der Waals surface area contributed by atoms with Gasteiger partial charge in [-0.2, -0.15) is 0 Å². The van der Waals surface area contributed by atoms with E-state index in [1.54, 1.807) is 6.07 Å². The van der Waals surface area contributed by atoms with Crippen molar-refractivity contribution in [2.75, 3.05) is 19.6 Å². The van der Waals surface area contributed by atoms with Crippen LogP contribution >= 0.6 is 0 Å². The summed E-state index contributed by atoms with van der Waals surface area (Å²) >= 11 is 0. The number of aliphatic hydroxyl groups is 1. The van der Waals surface area contributed by atoms with Gasteiger partial charge in [0.05, 0.1) is 12.6 Å². The number of rotatable bonds is 3. The zero-order valence-corrected chi connectivity index (χ0v) is 10.7. The molecule has 4 nitrogen and oxygen atoms in total. The molecule has 1 saturated heterocycles. The van der Waals surface area contributed by atoms with Crippen molar-refractivity contribution < 1.29 is 14.3 Å². The fourth-order valence-corrected chi connectivity index (χ4v) is 2.58. The standard InChI is InChI=1S/C15H17NO3/c17-12-5-3-7-16(9-12)10-13(18)15-8-11-4-1-2-6-14(11)19-15/h1-2,4,6,8,12,17H,3,5,7,9-10H2. The average Bonchev–Trinajstić information content (AvgIpc) is 2.82. The molecule has 0 spiro atoms. The molecular weight excluding hydrogens is 242 g/mol. The van der Waals surface area contributed by atoms with Gasteiger partial charge >= 0.3 is 0 Å². The topological polar surface area (TPSA) is 53.7 Å². The molecule has 0 radical (unpaired) electrons. The van der Waals surface area contributed by atoms with Gasteiger partial charge in [-0.3, -0.25) is 9.69 Å². The zero-order chi connectivity index (χ0) is 13.2. The molecule has 1 N–H and O–H groups in total. The predicted molar refractivity (Wildman–Crippen MR) is 72.2 cm³/mol. The lowest BCUT2D eigenvalue weighted by molar-refractivity contribution is 0.0622. The smallest absolute Gasteiger partial charge is 0.211 e. The van der Waals surface area contributed by atoms with Crippen LogP contribution < -0.4 is 0 Å². The third kappa shape index (κ3) is 2.69. The molecule has 1 unspecified atom stereocenters. The molecule has 1 aliphatic rings. The molecule has 2 heterocycles. The number of furan rings is 1. The van der Waals surface area contributed by atoms with Crippen LogP contribution in [0.5, 0.6) is 0 Å². The highest BCUT2D eigenvalue weighted by Gasteiger charge is 2.21. The maximum Gasteiger partial charge on any atom is 0.211 e. The third-order valence-electron chi connectivity index (χ3n) is 3.55. The summed E-state index contributed by atoms with van der Waals surface area (Å²) in [6, 6.07) is 9.39. The Balaban J connectivity index is 1.72. The SMILES string of the molecule is O=C(CN1CCCC(O)C1)c1cc2ccccc2o1. The van der Waals surface area contributed by atoms with E-state index in [2.05, 4.69) is 0 Å². The molecule has 0 aliphatic carbocycles. The number of benzene rings is 1. The second kappa shape index (κ2) is 5.15. The summed E-state index contributed by atoms with van der Waals surface area (Å²) < 4.78 is 5.56. The maximum absolute atomic E-state index is 12.2. The first-order chi connectivity index (χ1) is 9.22. The number of carbonyl (C=O) groups is 1. The second-order valence-corrected chi connectivity index (χ2v) is 5.10. The van der Waals surface area contributed by atoms with Gasteiger partial charge in [0.1, 0.15) is 5.58 Å². The Morgan fingerprint density at radius 1 is 1.42 bits per heavy atom. The van der Waals surface area contributed by atoms with Crippen molar-refractivity contribution in [3.63, 3.8) is 0 Å². The molecule has 3 rings (SSSR count). The van der Waals surface area contributed by atoms with Crippen LogP contribution in [0, 0.1) is 0 Å². The molecule has 1 aromatic heterocycles. The van der Waals surface area contributed by atoms with Gasteiger partial charge < -0.3 is 9.52 Å². The number of piperidine rings is 1. The van der Waals surface area contributed by atoms with Crippen LogP contribution in [-0.2, 0) is 0 Å². The number of fused-ring (bicyclic) bond motifs is 1. The minimum atomic E-state index is -0.308. The van der Waals surface area contributed by atoms with Crippen LogP contribution in [0.3, 0.4) is 0 Å². The van der Waals surface area contributed by atoms with Crippen molar-refractivity contribution in [1.82, 2.24) is 4.90 Å². The highest BCUT2D eigenvalue weighted by atomic mass is 16.3. The first-order valence-corrected chi connectivity index (χ1v) is 6.64. The molecule has 100 valence electrons. The number of hydrogen-bond donors (Lipinski definition) is 1. The number of nitrogens with zero attached hydrogens (tertiary/aromatic N) is 1. The third-order valence-corrected chi connectivity index (χ3v) is 3.55. The fourth-order valence-electron chi connectivity index (χ4n) is 2.58. The van der Waals surface area contributed by atoms with Crippen molar-refractivity contribution in [2.24, 2.45) is 0 Å². The van der Waals surface area contributed by atoms with E-state index in [1.807, 2.05) is 29.2 Å². The highest BCUT2D eigenvalue weighted by molar-refractivity contribution is 5.98. The summed E-state index contributed by atoms with van der Waals surface area (Å²) in [5, 5.41) is 10.5. The highest BCUT2D eigenvalue weighted by Crippen LogP contribution is 2.20. The van der Waals surface area contributed by atoms with E-state index in [0.29, 0.717) is 18.8 Å². The molecule has 1 fully saturated rings. The zero-order valence-electron chi connectivity index (χ0n) is 10.7. The van der Waals surface area contributed by atoms with Gasteiger partial charge in [0.15, 0.2) is 5.76 Å². The number of para-hydroxylation sites is 1. The van der Waals surface area contributed by atoms with Crippen LogP contribution in [-0.4, -0.2) is 41.5 Å². The number of Topliss-reactive ketones (excluding diaryl/α,β-unsaturated/α-hetero) is 1. The summed E-state index contributed by atoms with van der Waals surface area (Å²) in [4.78, 5) is 14.2. The van der Waals surface area contributed by atoms with Gasteiger partial charge in [-0.05, 0) is 31.5 Å². The van der Waals surface area contributed by atoms with Gasteiger partial charge in [0.2, 0.25) is 5.78 Å². The van der Waals surface area contributed by atoms with Gasteiger partial charge in [-0.15, -0.1) is 0 Å². The van der Waals surface area contributed by atoms with Crippen molar-refractivity contribution in [3.05, 3.63) is 36.1 Å². The number of likely N-dealkylation sites (tertiary alicyclic amines) is 1. The normalized spacial score (nSPS) is 20.8. The number of carbonyl (C=O) groups excluding carboxylic acids is 1. The number of hydrogen-bond acceptors (Lipinski definition) is 4. The van der Waals surface area contributed by atoms with E-state index in [1.165, 1.54) is 0 Å². The number of ketones is 1. The molecule has 1 aliphatic heterocycles. The van der Waals surface area contributed by atoms with Crippen LogP contribution in [0.15, 0.2) is 34.7 Å². The Labute approximate surface area is 111 Å². The average molecular weight is 259 g/mol. The lowest BCUT2D eigenvalue weighted by Crippen LogP contribution is -2.41. The van der Waals surface area contributed by atoms with Gasteiger partial charge in [0, 0.05) is 11.9 Å². The van der Waals surface area contributed by atoms with Crippen LogP contribution in [0.1, 0.15) is 23.4 Å². The molecule has 4 heteroatoms. The molecular formula is C15H17NO3. The molecule has 0 bridgehead atoms. The minimum absolute atomic E-state index is 0.0229. The van der Waals surface area contributed by atoms with E-state index in [0.717, 1.165) is 30.4 Å². The Kier molecular flexibility index (Phi) is 3.36. The van der Waals surface area contributed by atoms with Gasteiger partial charge in [-0.25, -0.2) is 0 Å². The monoisotopic (exact) mass is 259 g/mol. The second-order valence-electron chi connectivity index (χ2n) is 5.10. The van der Waals surface area contributed by atoms with Crippen molar-refractivity contribution >= 4 is 16.8 Å². The molecule has 0 amide bonds. The van der Waals surface area contributed by atoms with Crippen LogP contribution in [0.2, 0.25) is 0 Å². The summed E-state index contributed by atoms with van der Waals surface area (Å²) in [6.07, 6.45) is 1.46. The number of β-amino-alcohol motifs (C(OH)–C–C–N with tert-alkyl or cyclic N) is 1. The number of aliphatic hydroxyl groups excluding tert-OH is 1. The van der Waals surface area contributed by atoms with Crippen LogP contribution in [0.4, 0.5) is 0 Å². The van der Waals surface area contributed by atoms with Crippen molar-refractivity contribution in [3.8, 4) is 0 Å². The molecule has 0 saturated carbocycles. The minimum Gasteiger partial charge on any atom is -0.453 e. The maximum atomic E-state index is 12.2. The Bertz CT molecular complexity index is 557. The molecule has 1 aromatic carbocycles. The Morgan fingerprint density at radius 2 is 2.26 bits per heavy atom. The summed E-state index contributed by atoms with van der Waals surface area (Å²) in [6.45, 7) is 1.76. The first-order valence-electron chi connectivity index (χ1n) is 6.64. The van der Waals surface area contributed by atoms with Gasteiger partial charge in [0.25, 0.3) is 0 Å². The van der Waals surface area contributed by atoms with E-state index >= 15 is 0 Å². The molecule has 1 atom stereocenters. The lowest BCUT2D eigenvalue weighted by Gasteiger charge is -2.28. The van der Waals surface area contributed by atoms with E-state index in [-0.39, 0.29) is 11.9 Å². The van der Waals surface area contributed by atoms with E-state index < -0.39 is 0 Å². The lowest BCUT2D eigenvalue weighted by atomic mass is 10.1. The molecule has 19 heavy (non-hydrogen) atoms. The largest absolute Gasteiger partial charge is 0.453 e. The summed E-state index contributed by atoms with van der Waals surface area (Å²) in [5.41, 5.74) is 0.740. The van der Waals surface area contributed by atoms with E-state index in [4.69, 9.17) is 4.42 Å². The first kappa shape index (κ1) is 12.4. The quantitative estimate of drug-likeness (QED) is 0.857. The summed E-state index contributed by atoms with van der Waals surface area (Å²) in [7, 11) is 0. The van der Waals surface area contributed by atoms with E-state index in [9.17, 15) is 9.90 Å². The van der Waals surface area contributed by atoms with Crippen molar-refractivity contribution in [2.45, 2.75) is 18.9 Å². The van der Waals surface area contributed by atoms with Gasteiger partial charge in [-0.1, -0.05) is 18.2 Å². The predicted octanol–water partition coefficient (Wildman–Crippen LogP) is 2.07. The Hall–Kier alpha value is -1.65. The Morgan fingerprint density at radius 3 is 3.05 bits per heavy atom.